The van der Waals surface area contributed by atoms with Crippen molar-refractivity contribution in [2.45, 2.75) is 25.4 Å². The fourth-order valence-electron chi connectivity index (χ4n) is 4.25. The van der Waals surface area contributed by atoms with Gasteiger partial charge >= 0.3 is 0 Å². The van der Waals surface area contributed by atoms with Crippen LogP contribution in [-0.2, 0) is 9.57 Å². The lowest BCUT2D eigenvalue weighted by molar-refractivity contribution is 0.0755. The summed E-state index contributed by atoms with van der Waals surface area (Å²) in [5, 5.41) is 14.7. The SMILES string of the molecule is CN1CCCC1.N=Cc1ccc(C2=NOC(CNC(=O)c3ccc(Cl)s3)C2)c(N2CCOCC2)c1. The smallest absolute Gasteiger partial charge is 0.261 e. The largest absolute Gasteiger partial charge is 0.390 e. The Hall–Kier alpha value is -2.46. The standard InChI is InChI=1S/C20H21ClN4O3S.C5H11N/c21-19-4-3-18(29-19)20(26)23-12-14-10-16(24-28-14)15-2-1-13(11-22)9-17(15)25-5-7-27-8-6-25;1-6-4-2-3-5-6/h1-4,9,11,14,22H,5-8,10,12H2,(H,23,26);2-5H2,1H3. The maximum atomic E-state index is 12.2. The van der Waals surface area contributed by atoms with Crippen LogP contribution in [0.5, 0.6) is 0 Å². The number of benzene rings is 1. The van der Waals surface area contributed by atoms with E-state index >= 15 is 0 Å². The molecule has 3 aliphatic heterocycles. The highest BCUT2D eigenvalue weighted by Crippen LogP contribution is 2.28. The molecule has 10 heteroatoms. The van der Waals surface area contributed by atoms with Crippen molar-refractivity contribution in [3.63, 3.8) is 0 Å². The van der Waals surface area contributed by atoms with Crippen LogP contribution in [0.25, 0.3) is 0 Å². The zero-order valence-corrected chi connectivity index (χ0v) is 21.5. The minimum Gasteiger partial charge on any atom is -0.390 e. The molecular formula is C25H32ClN5O3S. The van der Waals surface area contributed by atoms with Crippen LogP contribution >= 0.6 is 22.9 Å². The Morgan fingerprint density at radius 3 is 2.63 bits per heavy atom. The first-order valence-corrected chi connectivity index (χ1v) is 13.2. The maximum Gasteiger partial charge on any atom is 0.261 e. The molecule has 1 unspecified atom stereocenters. The highest BCUT2D eigenvalue weighted by Gasteiger charge is 2.26. The number of likely N-dealkylation sites (tertiary alicyclic amines) is 1. The van der Waals surface area contributed by atoms with Crippen LogP contribution in [0.1, 0.15) is 40.1 Å². The fraction of sp³-hybridized carbons (Fsp3) is 0.480. The number of hydrogen-bond donors (Lipinski definition) is 2. The predicted octanol–water partition coefficient (Wildman–Crippen LogP) is 3.87. The van der Waals surface area contributed by atoms with Gasteiger partial charge in [0.25, 0.3) is 5.91 Å². The molecule has 2 fully saturated rings. The van der Waals surface area contributed by atoms with E-state index in [-0.39, 0.29) is 12.0 Å². The average Bonchev–Trinajstić information content (AvgIpc) is 3.66. The number of carbonyl (C=O) groups excluding carboxylic acids is 1. The second kappa shape index (κ2) is 12.5. The number of thiophene rings is 1. The Morgan fingerprint density at radius 1 is 1.23 bits per heavy atom. The van der Waals surface area contributed by atoms with Crippen LogP contribution in [0.3, 0.4) is 0 Å². The first kappa shape index (κ1) is 25.6. The number of morpholine rings is 1. The maximum absolute atomic E-state index is 12.2. The predicted molar refractivity (Wildman–Crippen MR) is 142 cm³/mol. The van der Waals surface area contributed by atoms with Gasteiger partial charge < -0.3 is 30.1 Å². The first-order valence-electron chi connectivity index (χ1n) is 12.0. The lowest BCUT2D eigenvalue weighted by Gasteiger charge is -2.30. The topological polar surface area (TPSA) is 90.2 Å². The summed E-state index contributed by atoms with van der Waals surface area (Å²) in [6, 6.07) is 9.32. The van der Waals surface area contributed by atoms with Crippen LogP contribution < -0.4 is 10.2 Å². The van der Waals surface area contributed by atoms with E-state index in [4.69, 9.17) is 26.6 Å². The summed E-state index contributed by atoms with van der Waals surface area (Å²) >= 11 is 7.14. The zero-order chi connectivity index (χ0) is 24.6. The van der Waals surface area contributed by atoms with Gasteiger partial charge in [-0.2, -0.15) is 0 Å². The summed E-state index contributed by atoms with van der Waals surface area (Å²) in [6.07, 6.45) is 4.56. The van der Waals surface area contributed by atoms with Gasteiger partial charge in [0.15, 0.2) is 0 Å². The number of anilines is 1. The van der Waals surface area contributed by atoms with E-state index in [2.05, 4.69) is 27.3 Å². The number of nitrogens with zero attached hydrogens (tertiary/aromatic N) is 3. The van der Waals surface area contributed by atoms with Crippen molar-refractivity contribution >= 4 is 46.5 Å². The normalized spacial score (nSPS) is 20.0. The zero-order valence-electron chi connectivity index (χ0n) is 20.0. The summed E-state index contributed by atoms with van der Waals surface area (Å²) in [7, 11) is 2.17. The number of ether oxygens (including phenoxy) is 1. The van der Waals surface area contributed by atoms with Crippen LogP contribution in [0.2, 0.25) is 4.34 Å². The molecule has 2 saturated heterocycles. The van der Waals surface area contributed by atoms with Crippen molar-refractivity contribution in [3.8, 4) is 0 Å². The molecule has 1 aromatic heterocycles. The Balaban J connectivity index is 0.000000421. The van der Waals surface area contributed by atoms with Gasteiger partial charge in [0.05, 0.1) is 34.7 Å². The van der Waals surface area contributed by atoms with Crippen molar-refractivity contribution in [2.75, 3.05) is 57.9 Å². The summed E-state index contributed by atoms with van der Waals surface area (Å²) < 4.78 is 6.05. The highest BCUT2D eigenvalue weighted by atomic mass is 35.5. The molecule has 2 aromatic rings. The summed E-state index contributed by atoms with van der Waals surface area (Å²) in [6.45, 7) is 5.96. The van der Waals surface area contributed by atoms with Gasteiger partial charge in [-0.05, 0) is 56.7 Å². The molecule has 35 heavy (non-hydrogen) atoms. The third kappa shape index (κ3) is 7.04. The summed E-state index contributed by atoms with van der Waals surface area (Å²) in [5.41, 5.74) is 3.72. The molecule has 0 radical (unpaired) electrons. The van der Waals surface area contributed by atoms with Crippen molar-refractivity contribution in [1.29, 1.82) is 5.41 Å². The van der Waals surface area contributed by atoms with E-state index in [1.165, 1.54) is 43.5 Å². The van der Waals surface area contributed by atoms with Gasteiger partial charge in [0.1, 0.15) is 6.10 Å². The molecule has 0 spiro atoms. The number of amides is 1. The monoisotopic (exact) mass is 517 g/mol. The van der Waals surface area contributed by atoms with E-state index in [0.29, 0.717) is 35.4 Å². The molecule has 0 aliphatic carbocycles. The van der Waals surface area contributed by atoms with Crippen LogP contribution in [0.4, 0.5) is 5.69 Å². The van der Waals surface area contributed by atoms with Gasteiger partial charge in [-0.15, -0.1) is 11.3 Å². The van der Waals surface area contributed by atoms with Gasteiger partial charge in [-0.25, -0.2) is 0 Å². The molecule has 3 aliphatic rings. The van der Waals surface area contributed by atoms with Crippen LogP contribution in [0, 0.1) is 5.41 Å². The fourth-order valence-corrected chi connectivity index (χ4v) is 5.21. The van der Waals surface area contributed by atoms with Gasteiger partial charge in [-0.3, -0.25) is 4.79 Å². The lowest BCUT2D eigenvalue weighted by atomic mass is 10.00. The van der Waals surface area contributed by atoms with Crippen molar-refractivity contribution in [3.05, 3.63) is 50.7 Å². The minimum absolute atomic E-state index is 0.164. The molecule has 0 bridgehead atoms. The number of rotatable bonds is 6. The average molecular weight is 518 g/mol. The highest BCUT2D eigenvalue weighted by molar-refractivity contribution is 7.18. The molecule has 188 valence electrons. The Kier molecular flexibility index (Phi) is 9.14. The molecule has 0 saturated carbocycles. The van der Waals surface area contributed by atoms with E-state index < -0.39 is 0 Å². The molecule has 5 rings (SSSR count). The van der Waals surface area contributed by atoms with Crippen molar-refractivity contribution < 1.29 is 14.4 Å². The van der Waals surface area contributed by atoms with E-state index in [1.54, 1.807) is 12.1 Å². The Labute approximate surface area is 215 Å². The minimum atomic E-state index is -0.218. The van der Waals surface area contributed by atoms with E-state index in [1.807, 2.05) is 18.2 Å². The third-order valence-electron chi connectivity index (χ3n) is 6.20. The van der Waals surface area contributed by atoms with E-state index in [0.717, 1.165) is 35.6 Å². The first-order chi connectivity index (χ1) is 17.0. The van der Waals surface area contributed by atoms with Gasteiger partial charge in [0.2, 0.25) is 0 Å². The van der Waals surface area contributed by atoms with Crippen LogP contribution in [0.15, 0.2) is 35.5 Å². The number of oxime groups is 1. The molecule has 1 amide bonds. The van der Waals surface area contributed by atoms with E-state index in [9.17, 15) is 4.79 Å². The number of carbonyl (C=O) groups is 1. The number of hydrogen-bond acceptors (Lipinski definition) is 8. The second-order valence-corrected chi connectivity index (χ2v) is 10.5. The Morgan fingerprint density at radius 2 is 2.00 bits per heavy atom. The molecular weight excluding hydrogens is 486 g/mol. The molecule has 1 atom stereocenters. The summed E-state index contributed by atoms with van der Waals surface area (Å²) in [4.78, 5) is 23.0. The lowest BCUT2D eigenvalue weighted by Crippen LogP contribution is -2.37. The van der Waals surface area contributed by atoms with Crippen molar-refractivity contribution in [1.82, 2.24) is 10.2 Å². The molecule has 1 aromatic carbocycles. The number of halogens is 1. The number of nitrogens with one attached hydrogen (secondary N) is 2. The van der Waals surface area contributed by atoms with Gasteiger partial charge in [0, 0.05) is 37.0 Å². The summed E-state index contributed by atoms with van der Waals surface area (Å²) in [5.74, 6) is -0.164. The second-order valence-electron chi connectivity index (χ2n) is 8.81. The molecule has 2 N–H and O–H groups in total. The molecule has 4 heterocycles. The van der Waals surface area contributed by atoms with Gasteiger partial charge in [-0.1, -0.05) is 28.9 Å². The van der Waals surface area contributed by atoms with Crippen LogP contribution in [-0.4, -0.2) is 81.8 Å². The van der Waals surface area contributed by atoms with Crippen molar-refractivity contribution in [2.24, 2.45) is 5.16 Å². The molecule has 8 nitrogen and oxygen atoms in total. The quantitative estimate of drug-likeness (QED) is 0.568. The Bertz CT molecular complexity index is 1050. The third-order valence-corrected chi connectivity index (χ3v) is 7.43.